The molecule has 1 aromatic heterocycles. The number of nitrogens with zero attached hydrogens (tertiary/aromatic N) is 1. The molecule has 0 atom stereocenters. The Morgan fingerprint density at radius 2 is 1.59 bits per heavy atom. The third-order valence-corrected chi connectivity index (χ3v) is 3.28. The summed E-state index contributed by atoms with van der Waals surface area (Å²) < 4.78 is 11.3. The molecule has 0 saturated heterocycles. The average molecular weight is 309 g/mol. The van der Waals surface area contributed by atoms with E-state index < -0.39 is 17.5 Å². The van der Waals surface area contributed by atoms with Crippen LogP contribution in [-0.2, 0) is 16.0 Å². The monoisotopic (exact) mass is 309 g/mol. The second-order valence-corrected chi connectivity index (χ2v) is 4.81. The average Bonchev–Trinajstić information content (AvgIpc) is 2.47. The van der Waals surface area contributed by atoms with Gasteiger partial charge in [0.05, 0.1) is 18.8 Å². The van der Waals surface area contributed by atoms with E-state index in [-0.39, 0.29) is 24.3 Å². The van der Waals surface area contributed by atoms with Crippen molar-refractivity contribution >= 4 is 11.9 Å². The Bertz CT molecular complexity index is 603. The van der Waals surface area contributed by atoms with Crippen LogP contribution in [0.2, 0.25) is 0 Å². The zero-order valence-electron chi connectivity index (χ0n) is 13.6. The van der Waals surface area contributed by atoms with Gasteiger partial charge in [0, 0.05) is 12.2 Å². The molecular weight excluding hydrogens is 286 g/mol. The number of carbonyl (C=O) groups excluding carboxylic acids is 2. The second-order valence-electron chi connectivity index (χ2n) is 4.81. The maximum absolute atomic E-state index is 12.5. The Morgan fingerprint density at radius 1 is 1.05 bits per heavy atom. The van der Waals surface area contributed by atoms with Crippen LogP contribution >= 0.6 is 0 Å². The first-order valence-corrected chi connectivity index (χ1v) is 7.56. The van der Waals surface area contributed by atoms with Gasteiger partial charge < -0.3 is 14.0 Å². The Kier molecular flexibility index (Phi) is 6.82. The summed E-state index contributed by atoms with van der Waals surface area (Å²) in [6, 6.07) is 1.27. The Hall–Kier alpha value is -2.11. The molecule has 1 heterocycles. The van der Waals surface area contributed by atoms with Crippen LogP contribution in [0.15, 0.2) is 10.9 Å². The smallest absolute Gasteiger partial charge is 0.343 e. The van der Waals surface area contributed by atoms with Crippen molar-refractivity contribution in [2.45, 2.75) is 47.1 Å². The lowest BCUT2D eigenvalue weighted by molar-refractivity contribution is 0.0521. The number of carbonyl (C=O) groups is 2. The molecule has 0 radical (unpaired) electrons. The predicted molar refractivity (Wildman–Crippen MR) is 82.3 cm³/mol. The minimum absolute atomic E-state index is 0.133. The molecule has 0 aliphatic carbocycles. The lowest BCUT2D eigenvalue weighted by Gasteiger charge is -2.15. The molecule has 1 rings (SSSR count). The van der Waals surface area contributed by atoms with E-state index in [9.17, 15) is 14.4 Å². The zero-order chi connectivity index (χ0) is 16.7. The first kappa shape index (κ1) is 17.9. The number of unbranched alkanes of at least 4 members (excludes halogenated alkanes) is 1. The van der Waals surface area contributed by atoms with Crippen LogP contribution in [0.25, 0.3) is 0 Å². The maximum Gasteiger partial charge on any atom is 0.343 e. The Morgan fingerprint density at radius 3 is 2.09 bits per heavy atom. The third kappa shape index (κ3) is 3.96. The number of rotatable bonds is 7. The molecular formula is C16H23NO5. The molecule has 0 aliphatic rings. The lowest BCUT2D eigenvalue weighted by atomic mass is 10.1. The van der Waals surface area contributed by atoms with Gasteiger partial charge in [0.15, 0.2) is 0 Å². The Labute approximate surface area is 130 Å². The van der Waals surface area contributed by atoms with Gasteiger partial charge in [-0.25, -0.2) is 9.59 Å². The van der Waals surface area contributed by atoms with Crippen molar-refractivity contribution in [3.8, 4) is 0 Å². The van der Waals surface area contributed by atoms with Crippen molar-refractivity contribution in [2.75, 3.05) is 13.2 Å². The van der Waals surface area contributed by atoms with E-state index >= 15 is 0 Å². The fraction of sp³-hybridized carbons (Fsp3) is 0.562. The molecule has 6 nitrogen and oxygen atoms in total. The number of aromatic nitrogens is 1. The summed E-state index contributed by atoms with van der Waals surface area (Å²) in [5.74, 6) is -1.26. The maximum atomic E-state index is 12.5. The fourth-order valence-corrected chi connectivity index (χ4v) is 2.11. The first-order valence-electron chi connectivity index (χ1n) is 7.56. The van der Waals surface area contributed by atoms with E-state index in [4.69, 9.17) is 9.47 Å². The van der Waals surface area contributed by atoms with Gasteiger partial charge in [-0.3, -0.25) is 4.79 Å². The Balaban J connectivity index is 3.44. The number of hydrogen-bond acceptors (Lipinski definition) is 5. The van der Waals surface area contributed by atoms with Crippen LogP contribution in [0, 0.1) is 6.92 Å². The minimum Gasteiger partial charge on any atom is -0.462 e. The van der Waals surface area contributed by atoms with Gasteiger partial charge in [0.2, 0.25) is 0 Å². The van der Waals surface area contributed by atoms with Gasteiger partial charge in [-0.05, 0) is 33.3 Å². The zero-order valence-corrected chi connectivity index (χ0v) is 13.6. The second kappa shape index (κ2) is 8.36. The quantitative estimate of drug-likeness (QED) is 0.723. The van der Waals surface area contributed by atoms with E-state index in [0.717, 1.165) is 12.8 Å². The molecule has 0 fully saturated rings. The molecule has 0 aliphatic heterocycles. The van der Waals surface area contributed by atoms with Gasteiger partial charge in [-0.1, -0.05) is 13.3 Å². The van der Waals surface area contributed by atoms with E-state index in [2.05, 4.69) is 0 Å². The molecule has 0 N–H and O–H groups in total. The molecule has 1 aromatic rings. The van der Waals surface area contributed by atoms with Gasteiger partial charge in [0.1, 0.15) is 5.56 Å². The lowest BCUT2D eigenvalue weighted by Crippen LogP contribution is -2.31. The highest BCUT2D eigenvalue weighted by Gasteiger charge is 2.22. The number of esters is 2. The highest BCUT2D eigenvalue weighted by molar-refractivity contribution is 5.95. The van der Waals surface area contributed by atoms with E-state index in [1.165, 1.54) is 10.6 Å². The molecule has 0 spiro atoms. The van der Waals surface area contributed by atoms with E-state index in [1.54, 1.807) is 20.8 Å². The summed E-state index contributed by atoms with van der Waals surface area (Å²) >= 11 is 0. The van der Waals surface area contributed by atoms with Gasteiger partial charge in [-0.2, -0.15) is 0 Å². The normalized spacial score (nSPS) is 10.4. The minimum atomic E-state index is -0.719. The molecule has 22 heavy (non-hydrogen) atoms. The van der Waals surface area contributed by atoms with Gasteiger partial charge in [0.25, 0.3) is 5.56 Å². The third-order valence-electron chi connectivity index (χ3n) is 3.28. The van der Waals surface area contributed by atoms with E-state index in [1.807, 2.05) is 6.92 Å². The summed E-state index contributed by atoms with van der Waals surface area (Å²) in [5, 5.41) is 0. The van der Waals surface area contributed by atoms with Crippen LogP contribution < -0.4 is 5.56 Å². The predicted octanol–water partition coefficient (Wildman–Crippen LogP) is 2.31. The number of pyridine rings is 1. The first-order chi connectivity index (χ1) is 10.5. The molecule has 0 saturated carbocycles. The largest absolute Gasteiger partial charge is 0.462 e. The van der Waals surface area contributed by atoms with Gasteiger partial charge >= 0.3 is 11.9 Å². The van der Waals surface area contributed by atoms with Crippen molar-refractivity contribution in [3.05, 3.63) is 33.2 Å². The molecule has 122 valence electrons. The van der Waals surface area contributed by atoms with Crippen LogP contribution in [0.1, 0.15) is 60.0 Å². The number of hydrogen-bond donors (Lipinski definition) is 0. The van der Waals surface area contributed by atoms with E-state index in [0.29, 0.717) is 12.2 Å². The summed E-state index contributed by atoms with van der Waals surface area (Å²) in [6.45, 7) is 7.87. The van der Waals surface area contributed by atoms with Crippen molar-refractivity contribution in [1.29, 1.82) is 0 Å². The topological polar surface area (TPSA) is 74.6 Å². The molecule has 6 heteroatoms. The fourth-order valence-electron chi connectivity index (χ4n) is 2.11. The highest BCUT2D eigenvalue weighted by atomic mass is 16.5. The molecule has 0 bridgehead atoms. The molecule has 0 aromatic carbocycles. The van der Waals surface area contributed by atoms with Gasteiger partial charge in [-0.15, -0.1) is 0 Å². The van der Waals surface area contributed by atoms with Crippen molar-refractivity contribution < 1.29 is 19.1 Å². The summed E-state index contributed by atoms with van der Waals surface area (Å²) in [6.07, 6.45) is 1.67. The summed E-state index contributed by atoms with van der Waals surface area (Å²) in [7, 11) is 0. The number of ether oxygens (including phenoxy) is 2. The van der Waals surface area contributed by atoms with Crippen molar-refractivity contribution in [1.82, 2.24) is 4.57 Å². The van der Waals surface area contributed by atoms with Crippen molar-refractivity contribution in [2.24, 2.45) is 0 Å². The highest BCUT2D eigenvalue weighted by Crippen LogP contribution is 2.12. The molecule has 0 amide bonds. The molecule has 0 unspecified atom stereocenters. The van der Waals surface area contributed by atoms with Crippen molar-refractivity contribution in [3.63, 3.8) is 0 Å². The van der Waals surface area contributed by atoms with Crippen LogP contribution in [0.5, 0.6) is 0 Å². The SMILES string of the molecule is CCCCn1c(C)c(C(=O)OCC)cc(C(=O)OCC)c1=O. The van der Waals surface area contributed by atoms with Crippen LogP contribution in [-0.4, -0.2) is 29.7 Å². The van der Waals surface area contributed by atoms with Crippen LogP contribution in [0.3, 0.4) is 0 Å². The summed E-state index contributed by atoms with van der Waals surface area (Å²) in [5.41, 5.74) is 0.162. The van der Waals surface area contributed by atoms with Crippen LogP contribution in [0.4, 0.5) is 0 Å². The standard InChI is InChI=1S/C16H23NO5/c1-5-8-9-17-11(4)12(15(19)21-6-2)10-13(14(17)18)16(20)22-7-3/h10H,5-9H2,1-4H3. The summed E-state index contributed by atoms with van der Waals surface area (Å²) in [4.78, 5) is 36.4.